The van der Waals surface area contributed by atoms with Crippen molar-refractivity contribution in [3.05, 3.63) is 29.3 Å². The van der Waals surface area contributed by atoms with Gasteiger partial charge in [-0.2, -0.15) is 0 Å². The number of methoxy groups -OCH3 is 1. The Morgan fingerprint density at radius 3 is 2.69 bits per heavy atom. The standard InChI is InChI=1S/C19H32N4O3/c1-6-26-11-7-10-20-19(22-14-18(24)23(3)4)21-13-16-9-8-15(2)12-17(16)25-5/h8-9,12H,6-7,10-11,13-14H2,1-5H3,(H2,20,21,22). The lowest BCUT2D eigenvalue weighted by atomic mass is 10.1. The third kappa shape index (κ3) is 8.20. The number of likely N-dealkylation sites (N-methyl/N-ethyl adjacent to an activating group) is 1. The molecule has 1 aromatic rings. The van der Waals surface area contributed by atoms with E-state index in [1.807, 2.05) is 32.0 Å². The zero-order valence-corrected chi connectivity index (χ0v) is 16.6. The number of rotatable bonds is 10. The molecule has 26 heavy (non-hydrogen) atoms. The van der Waals surface area contributed by atoms with Gasteiger partial charge in [0.25, 0.3) is 0 Å². The summed E-state index contributed by atoms with van der Waals surface area (Å²) in [5, 5.41) is 6.32. The summed E-state index contributed by atoms with van der Waals surface area (Å²) in [5.74, 6) is 1.40. The van der Waals surface area contributed by atoms with Gasteiger partial charge in [-0.15, -0.1) is 0 Å². The average Bonchev–Trinajstić information content (AvgIpc) is 2.63. The molecule has 0 heterocycles. The van der Waals surface area contributed by atoms with E-state index in [0.29, 0.717) is 32.3 Å². The number of ether oxygens (including phenoxy) is 2. The molecule has 0 aliphatic rings. The number of guanidine groups is 1. The van der Waals surface area contributed by atoms with E-state index in [0.717, 1.165) is 23.3 Å². The number of hydrogen-bond donors (Lipinski definition) is 2. The summed E-state index contributed by atoms with van der Waals surface area (Å²) in [6.45, 7) is 6.77. The summed E-state index contributed by atoms with van der Waals surface area (Å²) in [6.07, 6.45) is 0.865. The number of nitrogens with zero attached hydrogens (tertiary/aromatic N) is 2. The molecule has 0 aliphatic carbocycles. The predicted molar refractivity (Wildman–Crippen MR) is 105 cm³/mol. The first kappa shape index (κ1) is 21.8. The largest absolute Gasteiger partial charge is 0.496 e. The van der Waals surface area contributed by atoms with Crippen molar-refractivity contribution in [3.8, 4) is 5.75 Å². The molecule has 0 atom stereocenters. The van der Waals surface area contributed by atoms with E-state index in [1.165, 1.54) is 0 Å². The van der Waals surface area contributed by atoms with Crippen LogP contribution in [0.4, 0.5) is 0 Å². The molecule has 7 heteroatoms. The van der Waals surface area contributed by atoms with E-state index in [2.05, 4.69) is 15.6 Å². The van der Waals surface area contributed by atoms with E-state index >= 15 is 0 Å². The molecule has 0 unspecified atom stereocenters. The molecule has 0 fully saturated rings. The normalized spacial score (nSPS) is 11.2. The van der Waals surface area contributed by atoms with Crippen molar-refractivity contribution in [2.24, 2.45) is 4.99 Å². The van der Waals surface area contributed by atoms with Crippen LogP contribution in [0.1, 0.15) is 24.5 Å². The maximum Gasteiger partial charge on any atom is 0.241 e. The molecule has 0 radical (unpaired) electrons. The highest BCUT2D eigenvalue weighted by Gasteiger charge is 2.07. The van der Waals surface area contributed by atoms with Gasteiger partial charge in [-0.1, -0.05) is 12.1 Å². The Hall–Kier alpha value is -2.28. The molecule has 146 valence electrons. The molecule has 0 aromatic heterocycles. The van der Waals surface area contributed by atoms with Gasteiger partial charge in [-0.05, 0) is 31.9 Å². The number of carbonyl (C=O) groups excluding carboxylic acids is 1. The van der Waals surface area contributed by atoms with Crippen molar-refractivity contribution < 1.29 is 14.3 Å². The number of nitrogens with one attached hydrogen (secondary N) is 2. The van der Waals surface area contributed by atoms with E-state index in [1.54, 1.807) is 26.1 Å². The summed E-state index contributed by atoms with van der Waals surface area (Å²) in [4.78, 5) is 17.9. The molecular formula is C19H32N4O3. The first-order valence-corrected chi connectivity index (χ1v) is 8.91. The van der Waals surface area contributed by atoms with Gasteiger partial charge in [-0.3, -0.25) is 4.79 Å². The fraction of sp³-hybridized carbons (Fsp3) is 0.579. The summed E-state index contributed by atoms with van der Waals surface area (Å²) in [6, 6.07) is 6.03. The van der Waals surface area contributed by atoms with Crippen LogP contribution in [0.2, 0.25) is 0 Å². The van der Waals surface area contributed by atoms with Crippen molar-refractivity contribution in [2.45, 2.75) is 26.8 Å². The van der Waals surface area contributed by atoms with Crippen LogP contribution in [0, 0.1) is 6.92 Å². The van der Waals surface area contributed by atoms with Gasteiger partial charge in [0.2, 0.25) is 5.91 Å². The van der Waals surface area contributed by atoms with Crippen molar-refractivity contribution in [1.29, 1.82) is 0 Å². The fourth-order valence-corrected chi connectivity index (χ4v) is 2.16. The Bertz CT molecular complexity index is 588. The maximum atomic E-state index is 11.8. The quantitative estimate of drug-likeness (QED) is 0.374. The monoisotopic (exact) mass is 364 g/mol. The van der Waals surface area contributed by atoms with Crippen LogP contribution >= 0.6 is 0 Å². The lowest BCUT2D eigenvalue weighted by molar-refractivity contribution is -0.127. The molecule has 0 saturated heterocycles. The minimum absolute atomic E-state index is 0.0123. The minimum Gasteiger partial charge on any atom is -0.496 e. The van der Waals surface area contributed by atoms with Crippen LogP contribution in [0.3, 0.4) is 0 Å². The molecule has 1 aromatic carbocycles. The van der Waals surface area contributed by atoms with Gasteiger partial charge in [0.1, 0.15) is 5.75 Å². The number of benzene rings is 1. The summed E-state index contributed by atoms with van der Waals surface area (Å²) < 4.78 is 10.8. The third-order valence-corrected chi connectivity index (χ3v) is 3.72. The van der Waals surface area contributed by atoms with Gasteiger partial charge in [-0.25, -0.2) is 4.99 Å². The highest BCUT2D eigenvalue weighted by atomic mass is 16.5. The van der Waals surface area contributed by atoms with Crippen LogP contribution in [-0.4, -0.2) is 64.3 Å². The number of aliphatic imine (C=N–C) groups is 1. The summed E-state index contributed by atoms with van der Waals surface area (Å²) in [7, 11) is 5.11. The topological polar surface area (TPSA) is 75.2 Å². The Morgan fingerprint density at radius 1 is 1.27 bits per heavy atom. The van der Waals surface area contributed by atoms with Crippen LogP contribution in [-0.2, 0) is 16.1 Å². The van der Waals surface area contributed by atoms with E-state index in [9.17, 15) is 4.79 Å². The van der Waals surface area contributed by atoms with Gasteiger partial charge in [0, 0.05) is 39.4 Å². The molecule has 0 spiro atoms. The second kappa shape index (κ2) is 12.1. The zero-order valence-electron chi connectivity index (χ0n) is 16.6. The number of hydrogen-bond acceptors (Lipinski definition) is 4. The zero-order chi connectivity index (χ0) is 19.4. The maximum absolute atomic E-state index is 11.8. The van der Waals surface area contributed by atoms with Crippen molar-refractivity contribution in [3.63, 3.8) is 0 Å². The lowest BCUT2D eigenvalue weighted by Crippen LogP contribution is -2.43. The molecule has 1 rings (SSSR count). The van der Waals surface area contributed by atoms with Gasteiger partial charge >= 0.3 is 0 Å². The molecule has 2 N–H and O–H groups in total. The Balaban J connectivity index is 2.71. The van der Waals surface area contributed by atoms with Crippen molar-refractivity contribution in [1.82, 2.24) is 15.5 Å². The number of aryl methyl sites for hydroxylation is 1. The van der Waals surface area contributed by atoms with E-state index in [4.69, 9.17) is 9.47 Å². The number of amides is 1. The number of carbonyl (C=O) groups is 1. The lowest BCUT2D eigenvalue weighted by Gasteiger charge is -2.15. The Morgan fingerprint density at radius 2 is 2.04 bits per heavy atom. The predicted octanol–water partition coefficient (Wildman–Crippen LogP) is 1.55. The molecule has 0 saturated carbocycles. The van der Waals surface area contributed by atoms with Crippen LogP contribution in [0.25, 0.3) is 0 Å². The SMILES string of the molecule is CCOCCCNC(=NCc1ccc(C)cc1OC)NCC(=O)N(C)C. The molecule has 7 nitrogen and oxygen atoms in total. The van der Waals surface area contributed by atoms with E-state index < -0.39 is 0 Å². The van der Waals surface area contributed by atoms with Crippen LogP contribution in [0.15, 0.2) is 23.2 Å². The van der Waals surface area contributed by atoms with Crippen molar-refractivity contribution >= 4 is 11.9 Å². The second-order valence-corrected chi connectivity index (χ2v) is 6.10. The van der Waals surface area contributed by atoms with Crippen LogP contribution in [0.5, 0.6) is 5.75 Å². The minimum atomic E-state index is -0.0123. The average molecular weight is 364 g/mol. The highest BCUT2D eigenvalue weighted by Crippen LogP contribution is 2.20. The third-order valence-electron chi connectivity index (χ3n) is 3.72. The Kier molecular flexibility index (Phi) is 10.2. The van der Waals surface area contributed by atoms with Crippen molar-refractivity contribution in [2.75, 3.05) is 47.5 Å². The summed E-state index contributed by atoms with van der Waals surface area (Å²) in [5.41, 5.74) is 2.13. The van der Waals surface area contributed by atoms with Gasteiger partial charge in [0.05, 0.1) is 20.2 Å². The van der Waals surface area contributed by atoms with Crippen LogP contribution < -0.4 is 15.4 Å². The Labute approximate surface area is 156 Å². The van der Waals surface area contributed by atoms with Gasteiger partial charge < -0.3 is 25.0 Å². The van der Waals surface area contributed by atoms with Gasteiger partial charge in [0.15, 0.2) is 5.96 Å². The van der Waals surface area contributed by atoms with E-state index in [-0.39, 0.29) is 12.5 Å². The molecule has 0 aliphatic heterocycles. The highest BCUT2D eigenvalue weighted by molar-refractivity contribution is 5.86. The molecular weight excluding hydrogens is 332 g/mol. The molecule has 0 bridgehead atoms. The first-order chi connectivity index (χ1) is 12.5. The second-order valence-electron chi connectivity index (χ2n) is 6.10. The summed E-state index contributed by atoms with van der Waals surface area (Å²) >= 11 is 0. The molecule has 1 amide bonds. The smallest absolute Gasteiger partial charge is 0.241 e. The first-order valence-electron chi connectivity index (χ1n) is 8.91. The fourth-order valence-electron chi connectivity index (χ4n) is 2.16.